The molecule has 0 saturated carbocycles. The molecular weight excluding hydrogens is 316 g/mol. The Morgan fingerprint density at radius 1 is 1.27 bits per heavy atom. The smallest absolute Gasteiger partial charge is 0.256 e. The van der Waals surface area contributed by atoms with E-state index < -0.39 is 0 Å². The van der Waals surface area contributed by atoms with Crippen LogP contribution in [0.2, 0.25) is 0 Å². The van der Waals surface area contributed by atoms with Gasteiger partial charge in [-0.15, -0.1) is 23.1 Å². The second-order valence-corrected chi connectivity index (χ2v) is 7.44. The highest BCUT2D eigenvalue weighted by Gasteiger charge is 2.48. The third-order valence-electron chi connectivity index (χ3n) is 4.01. The van der Waals surface area contributed by atoms with E-state index in [4.69, 9.17) is 0 Å². The number of nitrogens with one attached hydrogen (secondary N) is 1. The fourth-order valence-electron chi connectivity index (χ4n) is 2.95. The molecule has 1 N–H and O–H groups in total. The molecule has 1 saturated heterocycles. The average Bonchev–Trinajstić information content (AvgIpc) is 3.25. The van der Waals surface area contributed by atoms with E-state index in [1.54, 1.807) is 28.0 Å². The number of thiophene rings is 1. The Balaban J connectivity index is 1.51. The van der Waals surface area contributed by atoms with Crippen molar-refractivity contribution in [2.75, 3.05) is 5.75 Å². The normalized spacial score (nSPS) is 22.5. The largest absolute Gasteiger partial charge is 0.349 e. The molecule has 112 valence electrons. The second kappa shape index (κ2) is 5.44. The number of carbonyl (C=O) groups is 2. The van der Waals surface area contributed by atoms with Gasteiger partial charge in [0.2, 0.25) is 5.91 Å². The minimum Gasteiger partial charge on any atom is -0.349 e. The number of carbonyl (C=O) groups excluding carboxylic acids is 2. The van der Waals surface area contributed by atoms with Crippen LogP contribution < -0.4 is 5.32 Å². The van der Waals surface area contributed by atoms with Gasteiger partial charge in [0, 0.05) is 16.2 Å². The average molecular weight is 330 g/mol. The lowest BCUT2D eigenvalue weighted by Gasteiger charge is -2.22. The van der Waals surface area contributed by atoms with Crippen molar-refractivity contribution in [2.45, 2.75) is 18.0 Å². The van der Waals surface area contributed by atoms with Crippen molar-refractivity contribution < 1.29 is 9.59 Å². The molecule has 0 unspecified atom stereocenters. The second-order valence-electron chi connectivity index (χ2n) is 5.30. The van der Waals surface area contributed by atoms with Gasteiger partial charge in [-0.25, -0.2) is 0 Å². The lowest BCUT2D eigenvalue weighted by Crippen LogP contribution is -2.45. The molecule has 0 aliphatic carbocycles. The van der Waals surface area contributed by atoms with Gasteiger partial charge in [-0.05, 0) is 23.1 Å². The quantitative estimate of drug-likeness (QED) is 0.941. The molecule has 1 aromatic carbocycles. The summed E-state index contributed by atoms with van der Waals surface area (Å²) in [5.74, 6) is 0.563. The van der Waals surface area contributed by atoms with E-state index in [0.29, 0.717) is 12.3 Å². The zero-order valence-electron chi connectivity index (χ0n) is 11.7. The summed E-state index contributed by atoms with van der Waals surface area (Å²) in [6.07, 6.45) is 0. The first-order valence-electron chi connectivity index (χ1n) is 7.09. The first-order chi connectivity index (χ1) is 10.8. The molecule has 0 bridgehead atoms. The van der Waals surface area contributed by atoms with E-state index in [1.165, 1.54) is 0 Å². The number of amides is 2. The summed E-state index contributed by atoms with van der Waals surface area (Å²) in [6.45, 7) is 0.525. The van der Waals surface area contributed by atoms with Gasteiger partial charge in [-0.1, -0.05) is 24.3 Å². The molecule has 2 amide bonds. The van der Waals surface area contributed by atoms with Crippen molar-refractivity contribution in [1.29, 1.82) is 0 Å². The minimum atomic E-state index is -0.380. The number of thioether (sulfide) groups is 1. The van der Waals surface area contributed by atoms with Crippen LogP contribution in [0.3, 0.4) is 0 Å². The van der Waals surface area contributed by atoms with Crippen LogP contribution in [0.1, 0.15) is 26.2 Å². The van der Waals surface area contributed by atoms with Gasteiger partial charge in [0.1, 0.15) is 11.4 Å². The van der Waals surface area contributed by atoms with Gasteiger partial charge < -0.3 is 10.2 Å². The number of benzene rings is 1. The van der Waals surface area contributed by atoms with Crippen molar-refractivity contribution in [2.24, 2.45) is 0 Å². The number of fused-ring (bicyclic) bond motifs is 3. The summed E-state index contributed by atoms with van der Waals surface area (Å²) in [6, 6.07) is 11.2. The lowest BCUT2D eigenvalue weighted by molar-refractivity contribution is -0.124. The topological polar surface area (TPSA) is 49.4 Å². The van der Waals surface area contributed by atoms with Gasteiger partial charge in [-0.2, -0.15) is 0 Å². The Morgan fingerprint density at radius 3 is 2.95 bits per heavy atom. The van der Waals surface area contributed by atoms with Crippen molar-refractivity contribution in [3.63, 3.8) is 0 Å². The molecule has 2 aromatic rings. The Labute approximate surface area is 136 Å². The van der Waals surface area contributed by atoms with Crippen molar-refractivity contribution in [1.82, 2.24) is 10.2 Å². The van der Waals surface area contributed by atoms with Gasteiger partial charge in [0.15, 0.2) is 0 Å². The maximum absolute atomic E-state index is 12.6. The molecule has 22 heavy (non-hydrogen) atoms. The predicted octanol–water partition coefficient (Wildman–Crippen LogP) is 2.63. The molecule has 4 rings (SSSR count). The molecule has 1 aromatic heterocycles. The molecular formula is C16H14N2O2S2. The van der Waals surface area contributed by atoms with E-state index in [2.05, 4.69) is 5.32 Å². The van der Waals surface area contributed by atoms with Crippen LogP contribution >= 0.6 is 23.1 Å². The first kappa shape index (κ1) is 13.8. The molecule has 2 atom stereocenters. The summed E-state index contributed by atoms with van der Waals surface area (Å²) < 4.78 is 0. The summed E-state index contributed by atoms with van der Waals surface area (Å²) in [5, 5.41) is 4.93. The van der Waals surface area contributed by atoms with Crippen LogP contribution in [0.25, 0.3) is 0 Å². The maximum Gasteiger partial charge on any atom is 0.256 e. The van der Waals surface area contributed by atoms with Crippen LogP contribution in [0, 0.1) is 0 Å². The van der Waals surface area contributed by atoms with Crippen molar-refractivity contribution in [3.8, 4) is 0 Å². The molecule has 6 heteroatoms. The third kappa shape index (κ3) is 2.14. The lowest BCUT2D eigenvalue weighted by atomic mass is 10.1. The van der Waals surface area contributed by atoms with Crippen LogP contribution in [-0.2, 0) is 11.3 Å². The fraction of sp³-hybridized carbons (Fsp3) is 0.250. The highest BCUT2D eigenvalue weighted by atomic mass is 32.2. The van der Waals surface area contributed by atoms with E-state index >= 15 is 0 Å². The van der Waals surface area contributed by atoms with Crippen molar-refractivity contribution in [3.05, 3.63) is 57.8 Å². The minimum absolute atomic E-state index is 0.0128. The van der Waals surface area contributed by atoms with Gasteiger partial charge in [0.25, 0.3) is 5.91 Å². The number of nitrogens with zero attached hydrogens (tertiary/aromatic N) is 1. The highest BCUT2D eigenvalue weighted by molar-refractivity contribution is 7.99. The Kier molecular flexibility index (Phi) is 3.43. The third-order valence-corrected chi connectivity index (χ3v) is 6.19. The Morgan fingerprint density at radius 2 is 2.14 bits per heavy atom. The van der Waals surface area contributed by atoms with E-state index in [-0.39, 0.29) is 23.2 Å². The van der Waals surface area contributed by atoms with Crippen LogP contribution in [-0.4, -0.2) is 28.5 Å². The summed E-state index contributed by atoms with van der Waals surface area (Å²) in [7, 11) is 0. The summed E-state index contributed by atoms with van der Waals surface area (Å²) in [4.78, 5) is 27.9. The first-order valence-corrected chi connectivity index (χ1v) is 9.02. The Hall–Kier alpha value is -1.79. The SMILES string of the molecule is O=C(NCc1cccs1)[C@H]1CS[C@H]2c3ccccc3C(=O)N12. The summed E-state index contributed by atoms with van der Waals surface area (Å²) in [5.41, 5.74) is 1.77. The highest BCUT2D eigenvalue weighted by Crippen LogP contribution is 2.47. The maximum atomic E-state index is 12.6. The fourth-order valence-corrected chi connectivity index (χ4v) is 5.06. The zero-order valence-corrected chi connectivity index (χ0v) is 13.3. The molecule has 0 radical (unpaired) electrons. The molecule has 0 spiro atoms. The van der Waals surface area contributed by atoms with Crippen molar-refractivity contribution >= 4 is 34.9 Å². The standard InChI is InChI=1S/C16H14N2O2S2/c19-14(17-8-10-4-3-7-21-10)13-9-22-16-12-6-2-1-5-11(12)15(20)18(13)16/h1-7,13,16H,8-9H2,(H,17,19)/t13-,16+/m1/s1. The van der Waals surface area contributed by atoms with E-state index in [9.17, 15) is 9.59 Å². The van der Waals surface area contributed by atoms with E-state index in [0.717, 1.165) is 16.0 Å². The van der Waals surface area contributed by atoms with Gasteiger partial charge in [-0.3, -0.25) is 9.59 Å². The number of hydrogen-bond donors (Lipinski definition) is 1. The van der Waals surface area contributed by atoms with Crippen LogP contribution in [0.4, 0.5) is 0 Å². The van der Waals surface area contributed by atoms with E-state index in [1.807, 2.05) is 41.8 Å². The monoisotopic (exact) mass is 330 g/mol. The molecule has 1 fully saturated rings. The van der Waals surface area contributed by atoms with Crippen LogP contribution in [0.15, 0.2) is 41.8 Å². The number of hydrogen-bond acceptors (Lipinski definition) is 4. The molecule has 4 nitrogen and oxygen atoms in total. The number of rotatable bonds is 3. The molecule has 3 heterocycles. The van der Waals surface area contributed by atoms with Crippen LogP contribution in [0.5, 0.6) is 0 Å². The van der Waals surface area contributed by atoms with Gasteiger partial charge in [0.05, 0.1) is 6.54 Å². The molecule has 2 aliphatic rings. The van der Waals surface area contributed by atoms with Gasteiger partial charge >= 0.3 is 0 Å². The summed E-state index contributed by atoms with van der Waals surface area (Å²) >= 11 is 3.28. The predicted molar refractivity (Wildman–Crippen MR) is 87.8 cm³/mol. The molecule has 2 aliphatic heterocycles. The zero-order chi connectivity index (χ0) is 15.1. The Bertz CT molecular complexity index is 730.